The summed E-state index contributed by atoms with van der Waals surface area (Å²) in [5.41, 5.74) is 0. The van der Waals surface area contributed by atoms with E-state index in [0.717, 1.165) is 51.4 Å². The fourth-order valence-corrected chi connectivity index (χ4v) is 10.3. The van der Waals surface area contributed by atoms with E-state index >= 15 is 0 Å². The number of carbonyl (C=O) groups excluding carboxylic acids is 2. The van der Waals surface area contributed by atoms with Crippen LogP contribution in [0.2, 0.25) is 0 Å². The van der Waals surface area contributed by atoms with Gasteiger partial charge in [-0.25, -0.2) is 4.57 Å². The van der Waals surface area contributed by atoms with Crippen molar-refractivity contribution in [3.8, 4) is 0 Å². The number of hydrogen-bond acceptors (Lipinski definition) is 22. The van der Waals surface area contributed by atoms with E-state index in [9.17, 15) is 75.2 Å². The van der Waals surface area contributed by atoms with E-state index in [1.54, 1.807) is 0 Å². The maximum absolute atomic E-state index is 14.0. The van der Waals surface area contributed by atoms with Gasteiger partial charge in [0.05, 0.1) is 19.8 Å². The van der Waals surface area contributed by atoms with E-state index < -0.39 is 150 Å². The third-order valence-corrected chi connectivity index (χ3v) is 15.1. The third kappa shape index (κ3) is 24.1. The number of aliphatic hydroxyl groups excluding tert-OH is 11. The molecular formula is C52H95O23P. The van der Waals surface area contributed by atoms with Gasteiger partial charge in [0.25, 0.3) is 0 Å². The predicted molar refractivity (Wildman–Crippen MR) is 273 cm³/mol. The predicted octanol–water partition coefficient (Wildman–Crippen LogP) is 2.76. The number of aliphatic hydroxyl groups is 11. The maximum atomic E-state index is 14.0. The lowest BCUT2D eigenvalue weighted by Gasteiger charge is -2.49. The average molecular weight is 1120 g/mol. The molecule has 1 aliphatic carbocycles. The van der Waals surface area contributed by atoms with Crippen LogP contribution in [0.3, 0.4) is 0 Å². The molecule has 3 aliphatic rings. The van der Waals surface area contributed by atoms with Crippen molar-refractivity contribution in [2.45, 2.75) is 279 Å². The van der Waals surface area contributed by atoms with Crippen LogP contribution in [0.4, 0.5) is 0 Å². The van der Waals surface area contributed by atoms with Gasteiger partial charge in [0, 0.05) is 12.8 Å². The topological polar surface area (TPSA) is 368 Å². The standard InChI is InChI=1S/C52H95O23P/c1-3-5-7-9-11-13-15-17-19-21-23-25-27-29-38(56)70-34(32-68-37(55)28-26-24-22-20-18-16-14-12-10-8-6-4-2)33-69-76(66,67)75-50-48(73-51-46(64)41(59)39(57)35(30-53)71-51)44(62)43(61)45(63)49(50)74-52-47(65)42(60)40(58)36(31-54)72-52/h17,19,34-36,39-54,57-65H,3-16,18,20-33H2,1-2H3,(H,66,67). The first-order chi connectivity index (χ1) is 36.4. The van der Waals surface area contributed by atoms with Crippen LogP contribution in [0.1, 0.15) is 174 Å². The molecule has 16 unspecified atom stereocenters. The monoisotopic (exact) mass is 1120 g/mol. The van der Waals surface area contributed by atoms with Gasteiger partial charge in [0.15, 0.2) is 18.7 Å². The molecule has 24 heteroatoms. The molecule has 0 aromatic carbocycles. The van der Waals surface area contributed by atoms with Crippen molar-refractivity contribution in [2.24, 2.45) is 0 Å². The number of allylic oxidation sites excluding steroid dienone is 2. The number of phosphoric ester groups is 1. The largest absolute Gasteiger partial charge is 0.472 e. The van der Waals surface area contributed by atoms with Crippen molar-refractivity contribution in [3.63, 3.8) is 0 Å². The summed E-state index contributed by atoms with van der Waals surface area (Å²) in [7, 11) is -5.63. The van der Waals surface area contributed by atoms with Crippen LogP contribution in [0, 0.1) is 0 Å². The molecule has 0 spiro atoms. The minimum Gasteiger partial charge on any atom is -0.462 e. The van der Waals surface area contributed by atoms with Gasteiger partial charge in [0.1, 0.15) is 92.1 Å². The molecule has 2 saturated heterocycles. The molecule has 1 saturated carbocycles. The molecule has 2 heterocycles. The van der Waals surface area contributed by atoms with Crippen LogP contribution in [-0.4, -0.2) is 204 Å². The van der Waals surface area contributed by atoms with Gasteiger partial charge in [-0.2, -0.15) is 0 Å². The lowest BCUT2D eigenvalue weighted by Crippen LogP contribution is -2.69. The van der Waals surface area contributed by atoms with Gasteiger partial charge >= 0.3 is 19.8 Å². The molecule has 2 aliphatic heterocycles. The molecule has 76 heavy (non-hydrogen) atoms. The molecule has 0 amide bonds. The van der Waals surface area contributed by atoms with Crippen molar-refractivity contribution in [1.82, 2.24) is 0 Å². The molecule has 16 atom stereocenters. The second-order valence-corrected chi connectivity index (χ2v) is 21.9. The van der Waals surface area contributed by atoms with E-state index in [-0.39, 0.29) is 12.8 Å². The number of hydrogen-bond donors (Lipinski definition) is 12. The molecule has 12 N–H and O–H groups in total. The number of ether oxygens (including phenoxy) is 6. The zero-order valence-electron chi connectivity index (χ0n) is 44.8. The summed E-state index contributed by atoms with van der Waals surface area (Å²) in [6.07, 6.45) is -6.36. The molecule has 3 rings (SSSR count). The van der Waals surface area contributed by atoms with Crippen molar-refractivity contribution in [1.29, 1.82) is 0 Å². The van der Waals surface area contributed by atoms with E-state index in [4.69, 9.17) is 37.5 Å². The van der Waals surface area contributed by atoms with Crippen LogP contribution in [0.25, 0.3) is 0 Å². The molecule has 3 fully saturated rings. The Kier molecular flexibility index (Phi) is 34.2. The lowest BCUT2D eigenvalue weighted by atomic mass is 9.84. The molecule has 446 valence electrons. The highest BCUT2D eigenvalue weighted by atomic mass is 31.2. The Morgan fingerprint density at radius 2 is 0.868 bits per heavy atom. The highest BCUT2D eigenvalue weighted by Gasteiger charge is 2.58. The van der Waals surface area contributed by atoms with Crippen LogP contribution >= 0.6 is 7.82 Å². The summed E-state index contributed by atoms with van der Waals surface area (Å²) in [6, 6.07) is 0. The van der Waals surface area contributed by atoms with Gasteiger partial charge in [-0.3, -0.25) is 18.6 Å². The smallest absolute Gasteiger partial charge is 0.462 e. The number of phosphoric acid groups is 1. The number of carbonyl (C=O) groups is 2. The quantitative estimate of drug-likeness (QED) is 0.0182. The van der Waals surface area contributed by atoms with E-state index in [0.29, 0.717) is 19.3 Å². The molecule has 0 aromatic heterocycles. The van der Waals surface area contributed by atoms with Crippen molar-refractivity contribution in [2.75, 3.05) is 26.4 Å². The zero-order valence-corrected chi connectivity index (χ0v) is 45.7. The number of unbranched alkanes of at least 4 members (excludes halogenated alkanes) is 20. The Labute approximate surface area is 448 Å². The summed E-state index contributed by atoms with van der Waals surface area (Å²) >= 11 is 0. The summed E-state index contributed by atoms with van der Waals surface area (Å²) in [4.78, 5) is 37.4. The fraction of sp³-hybridized carbons (Fsp3) is 0.923. The van der Waals surface area contributed by atoms with E-state index in [1.807, 2.05) is 0 Å². The normalized spacial score (nSPS) is 32.3. The molecule has 0 bridgehead atoms. The fourth-order valence-electron chi connectivity index (χ4n) is 9.35. The molecule has 23 nitrogen and oxygen atoms in total. The van der Waals surface area contributed by atoms with Crippen molar-refractivity contribution in [3.05, 3.63) is 12.2 Å². The van der Waals surface area contributed by atoms with E-state index in [2.05, 4.69) is 26.0 Å². The number of rotatable bonds is 40. The lowest BCUT2D eigenvalue weighted by molar-refractivity contribution is -0.360. The highest BCUT2D eigenvalue weighted by molar-refractivity contribution is 7.47. The minimum absolute atomic E-state index is 0.0494. The Morgan fingerprint density at radius 3 is 1.30 bits per heavy atom. The average Bonchev–Trinajstić information content (AvgIpc) is 3.40. The minimum atomic E-state index is -5.63. The molecule has 0 aromatic rings. The van der Waals surface area contributed by atoms with E-state index in [1.165, 1.54) is 77.0 Å². The Morgan fingerprint density at radius 1 is 0.487 bits per heavy atom. The molecular weight excluding hydrogens is 1020 g/mol. The summed E-state index contributed by atoms with van der Waals surface area (Å²) in [6.45, 7) is 0.960. The summed E-state index contributed by atoms with van der Waals surface area (Å²) < 4.78 is 58.0. The van der Waals surface area contributed by atoms with Crippen LogP contribution in [0.15, 0.2) is 12.2 Å². The first-order valence-electron chi connectivity index (χ1n) is 28.0. The van der Waals surface area contributed by atoms with Crippen molar-refractivity contribution >= 4 is 19.8 Å². The molecule has 0 radical (unpaired) electrons. The zero-order chi connectivity index (χ0) is 56.0. The van der Waals surface area contributed by atoms with Crippen LogP contribution in [0.5, 0.6) is 0 Å². The second-order valence-electron chi connectivity index (χ2n) is 20.5. The first-order valence-corrected chi connectivity index (χ1v) is 29.5. The maximum Gasteiger partial charge on any atom is 0.472 e. The van der Waals surface area contributed by atoms with Gasteiger partial charge in [0.2, 0.25) is 0 Å². The second kappa shape index (κ2) is 38.0. The third-order valence-electron chi connectivity index (χ3n) is 14.1. The Hall–Kier alpha value is -1.81. The Balaban J connectivity index is 1.74. The summed E-state index contributed by atoms with van der Waals surface area (Å²) in [5.74, 6) is -1.35. The van der Waals surface area contributed by atoms with Gasteiger partial charge in [-0.05, 0) is 38.5 Å². The SMILES string of the molecule is CCCCCCCCC=CCCCCCC(=O)OC(COC(=O)CCCCCCCCCCCCCC)COP(=O)(O)OC1C(OC2OC(CO)C(O)C(O)C2O)C(O)C(O)C(O)C1OC1OC(CO)C(O)C(O)C1O. The summed E-state index contributed by atoms with van der Waals surface area (Å²) in [5, 5.41) is 116. The van der Waals surface area contributed by atoms with Gasteiger partial charge in [-0.1, -0.05) is 135 Å². The van der Waals surface area contributed by atoms with Crippen LogP contribution in [-0.2, 0) is 51.6 Å². The first kappa shape index (κ1) is 68.5. The van der Waals surface area contributed by atoms with Crippen molar-refractivity contribution < 1.29 is 113 Å². The van der Waals surface area contributed by atoms with Crippen LogP contribution < -0.4 is 0 Å². The number of esters is 2. The highest BCUT2D eigenvalue weighted by Crippen LogP contribution is 2.49. The Bertz CT molecular complexity index is 1570. The van der Waals surface area contributed by atoms with Gasteiger partial charge < -0.3 is 89.5 Å². The van der Waals surface area contributed by atoms with Gasteiger partial charge in [-0.15, -0.1) is 0 Å².